The number of carbonyl (C=O) groups is 2. The predicted octanol–water partition coefficient (Wildman–Crippen LogP) is 6.14. The lowest BCUT2D eigenvalue weighted by Gasteiger charge is -2.37. The zero-order valence-corrected chi connectivity index (χ0v) is 19.2. The van der Waals surface area contributed by atoms with Crippen LogP contribution in [-0.4, -0.2) is 23.6 Å². The fourth-order valence-electron chi connectivity index (χ4n) is 5.77. The van der Waals surface area contributed by atoms with Gasteiger partial charge in [0.25, 0.3) is 0 Å². The van der Waals surface area contributed by atoms with Gasteiger partial charge in [-0.2, -0.15) is 0 Å². The molecule has 170 valence electrons. The standard InChI is InChI=1S/C29H31NO3/c1-19-26(29(32)33-23-15-9-4-10-16-23)27(21-13-7-3-8-14-21)28-24(30-19)17-22(18-25(28)31)20-11-5-2-6-12-20/h2-3,5-8,11-14,22-23,26-27H,4,9-10,15-18H2,1H3/t22-,26?,27+/m0/s1. The summed E-state index contributed by atoms with van der Waals surface area (Å²) >= 11 is 0. The van der Waals surface area contributed by atoms with Crippen LogP contribution in [0.5, 0.6) is 0 Å². The van der Waals surface area contributed by atoms with E-state index in [4.69, 9.17) is 9.73 Å². The maximum absolute atomic E-state index is 13.6. The van der Waals surface area contributed by atoms with Crippen molar-refractivity contribution in [3.8, 4) is 0 Å². The van der Waals surface area contributed by atoms with Crippen molar-refractivity contribution < 1.29 is 14.3 Å². The predicted molar refractivity (Wildman–Crippen MR) is 129 cm³/mol. The van der Waals surface area contributed by atoms with Gasteiger partial charge in [0.2, 0.25) is 0 Å². The lowest BCUT2D eigenvalue weighted by atomic mass is 9.69. The third-order valence-corrected chi connectivity index (χ3v) is 7.41. The molecular weight excluding hydrogens is 410 g/mol. The summed E-state index contributed by atoms with van der Waals surface area (Å²) in [5, 5.41) is 0. The molecule has 3 atom stereocenters. The third-order valence-electron chi connectivity index (χ3n) is 7.41. The second-order valence-corrected chi connectivity index (χ2v) is 9.62. The molecule has 2 aliphatic carbocycles. The molecule has 2 aromatic carbocycles. The molecule has 33 heavy (non-hydrogen) atoms. The van der Waals surface area contributed by atoms with Crippen LogP contribution in [0.3, 0.4) is 0 Å². The normalized spacial score (nSPS) is 25.9. The molecule has 5 rings (SSSR count). The average molecular weight is 442 g/mol. The van der Waals surface area contributed by atoms with Crippen molar-refractivity contribution in [2.24, 2.45) is 10.9 Å². The highest BCUT2D eigenvalue weighted by atomic mass is 16.5. The van der Waals surface area contributed by atoms with Crippen LogP contribution in [0.1, 0.15) is 74.8 Å². The molecule has 0 saturated heterocycles. The number of allylic oxidation sites excluding steroid dienone is 2. The largest absolute Gasteiger partial charge is 0.462 e. The zero-order valence-electron chi connectivity index (χ0n) is 19.2. The van der Waals surface area contributed by atoms with Gasteiger partial charge >= 0.3 is 5.97 Å². The average Bonchev–Trinajstić information content (AvgIpc) is 2.84. The fraction of sp³-hybridized carbons (Fsp3) is 0.414. The van der Waals surface area contributed by atoms with E-state index in [0.29, 0.717) is 12.0 Å². The van der Waals surface area contributed by atoms with Crippen molar-refractivity contribution in [2.45, 2.75) is 69.8 Å². The molecule has 1 saturated carbocycles. The summed E-state index contributed by atoms with van der Waals surface area (Å²) in [5.41, 5.74) is 4.46. The molecule has 2 aromatic rings. The number of nitrogens with zero attached hydrogens (tertiary/aromatic N) is 1. The van der Waals surface area contributed by atoms with Crippen molar-refractivity contribution in [1.82, 2.24) is 0 Å². The first-order valence-electron chi connectivity index (χ1n) is 12.2. The van der Waals surface area contributed by atoms with E-state index in [1.54, 1.807) is 0 Å². The van der Waals surface area contributed by atoms with Gasteiger partial charge < -0.3 is 4.74 Å². The SMILES string of the molecule is CC1=NC2=C(C(=O)C[C@@H](c3ccccc3)C2)[C@H](c2ccccc2)C1C(=O)OC1CCCCC1. The minimum atomic E-state index is -0.551. The molecule has 1 fully saturated rings. The Labute approximate surface area is 195 Å². The molecule has 4 nitrogen and oxygen atoms in total. The van der Waals surface area contributed by atoms with Crippen LogP contribution < -0.4 is 0 Å². The Morgan fingerprint density at radius 1 is 0.879 bits per heavy atom. The van der Waals surface area contributed by atoms with Gasteiger partial charge in [-0.3, -0.25) is 14.6 Å². The molecule has 0 radical (unpaired) electrons. The molecule has 0 amide bonds. The van der Waals surface area contributed by atoms with Crippen LogP contribution >= 0.6 is 0 Å². The minimum Gasteiger partial charge on any atom is -0.462 e. The molecule has 4 heteroatoms. The van der Waals surface area contributed by atoms with E-state index in [1.807, 2.05) is 55.5 Å². The van der Waals surface area contributed by atoms with E-state index in [2.05, 4.69) is 12.1 Å². The quantitative estimate of drug-likeness (QED) is 0.536. The van der Waals surface area contributed by atoms with Crippen molar-refractivity contribution in [3.63, 3.8) is 0 Å². The summed E-state index contributed by atoms with van der Waals surface area (Å²) in [6, 6.07) is 20.1. The number of carbonyl (C=O) groups excluding carboxylic acids is 2. The van der Waals surface area contributed by atoms with Crippen molar-refractivity contribution in [2.75, 3.05) is 0 Å². The van der Waals surface area contributed by atoms with Gasteiger partial charge in [0, 0.05) is 29.3 Å². The van der Waals surface area contributed by atoms with E-state index in [0.717, 1.165) is 49.1 Å². The molecule has 0 aromatic heterocycles. The highest BCUT2D eigenvalue weighted by Crippen LogP contribution is 2.47. The van der Waals surface area contributed by atoms with Gasteiger partial charge in [0.05, 0.1) is 0 Å². The Hall–Kier alpha value is -3.01. The number of rotatable bonds is 4. The summed E-state index contributed by atoms with van der Waals surface area (Å²) in [4.78, 5) is 31.9. The minimum absolute atomic E-state index is 0.0182. The number of ether oxygens (including phenoxy) is 1. The number of Topliss-reactive ketones (excluding diaryl/α,β-unsaturated/α-hetero) is 1. The number of esters is 1. The fourth-order valence-corrected chi connectivity index (χ4v) is 5.77. The Morgan fingerprint density at radius 3 is 2.18 bits per heavy atom. The second kappa shape index (κ2) is 9.46. The lowest BCUT2D eigenvalue weighted by Crippen LogP contribution is -2.39. The van der Waals surface area contributed by atoms with Crippen molar-refractivity contribution >= 4 is 17.5 Å². The molecular formula is C29H31NO3. The number of hydrogen-bond acceptors (Lipinski definition) is 4. The summed E-state index contributed by atoms with van der Waals surface area (Å²) in [7, 11) is 0. The Kier molecular flexibility index (Phi) is 6.26. The first-order chi connectivity index (χ1) is 16.1. The van der Waals surface area contributed by atoms with Crippen LogP contribution in [0.2, 0.25) is 0 Å². The van der Waals surface area contributed by atoms with E-state index in [9.17, 15) is 9.59 Å². The van der Waals surface area contributed by atoms with Gasteiger partial charge in [0.1, 0.15) is 12.0 Å². The third kappa shape index (κ3) is 4.44. The number of ketones is 1. The van der Waals surface area contributed by atoms with Crippen LogP contribution in [0.4, 0.5) is 0 Å². The smallest absolute Gasteiger partial charge is 0.315 e. The number of hydrogen-bond donors (Lipinski definition) is 0. The van der Waals surface area contributed by atoms with Gasteiger partial charge in [-0.05, 0) is 56.1 Å². The maximum atomic E-state index is 13.6. The van der Waals surface area contributed by atoms with E-state index in [1.165, 1.54) is 12.0 Å². The number of aliphatic imine (C=N–C) groups is 1. The Balaban J connectivity index is 1.51. The van der Waals surface area contributed by atoms with Crippen LogP contribution in [0.25, 0.3) is 0 Å². The molecule has 0 bridgehead atoms. The van der Waals surface area contributed by atoms with Gasteiger partial charge in [-0.1, -0.05) is 67.1 Å². The van der Waals surface area contributed by atoms with Gasteiger partial charge in [0.15, 0.2) is 5.78 Å². The van der Waals surface area contributed by atoms with E-state index < -0.39 is 5.92 Å². The summed E-state index contributed by atoms with van der Waals surface area (Å²) in [5.74, 6) is -0.896. The van der Waals surface area contributed by atoms with Crippen molar-refractivity contribution in [3.05, 3.63) is 83.1 Å². The van der Waals surface area contributed by atoms with Crippen LogP contribution in [0, 0.1) is 5.92 Å². The topological polar surface area (TPSA) is 55.7 Å². The highest BCUT2D eigenvalue weighted by molar-refractivity contribution is 6.09. The molecule has 0 spiro atoms. The monoisotopic (exact) mass is 441 g/mol. The Morgan fingerprint density at radius 2 is 1.52 bits per heavy atom. The molecule has 1 heterocycles. The number of benzene rings is 2. The zero-order chi connectivity index (χ0) is 22.8. The van der Waals surface area contributed by atoms with Gasteiger partial charge in [-0.15, -0.1) is 0 Å². The summed E-state index contributed by atoms with van der Waals surface area (Å²) < 4.78 is 6.00. The molecule has 1 aliphatic heterocycles. The Bertz CT molecular complexity index is 1080. The second-order valence-electron chi connectivity index (χ2n) is 9.62. The summed E-state index contributed by atoms with van der Waals surface area (Å²) in [6.07, 6.45) is 6.42. The molecule has 1 unspecified atom stereocenters. The van der Waals surface area contributed by atoms with Crippen molar-refractivity contribution in [1.29, 1.82) is 0 Å². The van der Waals surface area contributed by atoms with E-state index in [-0.39, 0.29) is 29.7 Å². The first-order valence-corrected chi connectivity index (χ1v) is 12.2. The first kappa shape index (κ1) is 21.8. The van der Waals surface area contributed by atoms with Gasteiger partial charge in [-0.25, -0.2) is 0 Å². The summed E-state index contributed by atoms with van der Waals surface area (Å²) in [6.45, 7) is 1.92. The van der Waals surface area contributed by atoms with Crippen LogP contribution in [0.15, 0.2) is 76.9 Å². The van der Waals surface area contributed by atoms with Crippen LogP contribution in [-0.2, 0) is 14.3 Å². The highest BCUT2D eigenvalue weighted by Gasteiger charge is 2.45. The lowest BCUT2D eigenvalue weighted by molar-refractivity contribution is -0.153. The molecule has 3 aliphatic rings. The maximum Gasteiger partial charge on any atom is 0.315 e. The van der Waals surface area contributed by atoms with E-state index >= 15 is 0 Å². The molecule has 0 N–H and O–H groups in total.